The van der Waals surface area contributed by atoms with Crippen LogP contribution in [0.1, 0.15) is 29.7 Å². The van der Waals surface area contributed by atoms with E-state index < -0.39 is 6.10 Å². The molecule has 0 radical (unpaired) electrons. The van der Waals surface area contributed by atoms with Crippen molar-refractivity contribution in [2.45, 2.75) is 39.0 Å². The minimum Gasteiger partial charge on any atom is -0.491 e. The number of halogens is 1. The number of ether oxygens (including phenoxy) is 2. The van der Waals surface area contributed by atoms with Crippen molar-refractivity contribution in [3.8, 4) is 5.75 Å². The van der Waals surface area contributed by atoms with Crippen LogP contribution in [0.25, 0.3) is 0 Å². The number of aliphatic hydroxyl groups excluding tert-OH is 1. The van der Waals surface area contributed by atoms with E-state index >= 15 is 0 Å². The lowest BCUT2D eigenvalue weighted by molar-refractivity contribution is -0.0804. The number of aryl methyl sites for hydroxylation is 2. The summed E-state index contributed by atoms with van der Waals surface area (Å²) in [5.41, 5.74) is 3.60. The summed E-state index contributed by atoms with van der Waals surface area (Å²) in [5.74, 6) is 0.805. The molecule has 27 heavy (non-hydrogen) atoms. The maximum absolute atomic E-state index is 10.5. The lowest BCUT2D eigenvalue weighted by Gasteiger charge is -2.40. The quantitative estimate of drug-likeness (QED) is 0.738. The third-order valence-electron chi connectivity index (χ3n) is 5.25. The van der Waals surface area contributed by atoms with E-state index in [1.165, 1.54) is 11.1 Å². The predicted molar refractivity (Wildman–Crippen MR) is 111 cm³/mol. The highest BCUT2D eigenvalue weighted by Gasteiger charge is 2.31. The van der Waals surface area contributed by atoms with Crippen molar-refractivity contribution >= 4 is 15.9 Å². The van der Waals surface area contributed by atoms with Crippen LogP contribution in [0.5, 0.6) is 5.75 Å². The molecule has 1 heterocycles. The summed E-state index contributed by atoms with van der Waals surface area (Å²) in [5, 5.41) is 10.5. The smallest absolute Gasteiger partial charge is 0.119 e. The summed E-state index contributed by atoms with van der Waals surface area (Å²) in [6.45, 7) is 8.64. The minimum absolute atomic E-state index is 0.0136. The SMILES string of the molecule is Cc1ccc(OCC(O)CN2CCOC(c3ccc(Br)cc3)C2C)cc1C. The number of rotatable bonds is 6. The van der Waals surface area contributed by atoms with Crippen LogP contribution in [0.3, 0.4) is 0 Å². The van der Waals surface area contributed by atoms with Gasteiger partial charge in [0.1, 0.15) is 18.5 Å². The monoisotopic (exact) mass is 433 g/mol. The second kappa shape index (κ2) is 9.20. The van der Waals surface area contributed by atoms with Crippen molar-refractivity contribution in [3.63, 3.8) is 0 Å². The lowest BCUT2D eigenvalue weighted by Crippen LogP contribution is -2.49. The van der Waals surface area contributed by atoms with Gasteiger partial charge in [0.15, 0.2) is 0 Å². The van der Waals surface area contributed by atoms with Gasteiger partial charge < -0.3 is 14.6 Å². The van der Waals surface area contributed by atoms with Gasteiger partial charge in [0.2, 0.25) is 0 Å². The molecule has 2 aromatic rings. The Balaban J connectivity index is 1.55. The van der Waals surface area contributed by atoms with E-state index in [1.54, 1.807) is 0 Å². The molecular formula is C22H28BrNO3. The first-order valence-corrected chi connectivity index (χ1v) is 10.2. The number of nitrogens with zero attached hydrogens (tertiary/aromatic N) is 1. The Morgan fingerprint density at radius 3 is 2.63 bits per heavy atom. The van der Waals surface area contributed by atoms with Crippen molar-refractivity contribution in [3.05, 3.63) is 63.6 Å². The van der Waals surface area contributed by atoms with Gasteiger partial charge in [0.05, 0.1) is 12.7 Å². The van der Waals surface area contributed by atoms with Gasteiger partial charge in [-0.2, -0.15) is 0 Å². The average Bonchev–Trinajstić information content (AvgIpc) is 2.65. The number of β-amino-alcohol motifs (C(OH)–C–C–N with tert-alkyl or cyclic N) is 1. The lowest BCUT2D eigenvalue weighted by atomic mass is 10.0. The van der Waals surface area contributed by atoms with E-state index in [9.17, 15) is 5.11 Å². The molecule has 0 amide bonds. The fraction of sp³-hybridized carbons (Fsp3) is 0.455. The fourth-order valence-electron chi connectivity index (χ4n) is 3.44. The molecule has 1 N–H and O–H groups in total. The second-order valence-electron chi connectivity index (χ2n) is 7.29. The molecule has 0 spiro atoms. The third-order valence-corrected chi connectivity index (χ3v) is 5.78. The van der Waals surface area contributed by atoms with Crippen LogP contribution >= 0.6 is 15.9 Å². The molecule has 2 aromatic carbocycles. The number of benzene rings is 2. The second-order valence-corrected chi connectivity index (χ2v) is 8.21. The molecule has 1 saturated heterocycles. The van der Waals surface area contributed by atoms with E-state index in [0.717, 1.165) is 22.3 Å². The standard InChI is InChI=1S/C22H28BrNO3/c1-15-4-9-21(12-16(15)2)27-14-20(25)13-24-10-11-26-22(17(24)3)18-5-7-19(23)8-6-18/h4-9,12,17,20,22,25H,10-11,13-14H2,1-3H3. The zero-order valence-electron chi connectivity index (χ0n) is 16.2. The van der Waals surface area contributed by atoms with E-state index in [4.69, 9.17) is 9.47 Å². The van der Waals surface area contributed by atoms with Gasteiger partial charge in [-0.1, -0.05) is 34.1 Å². The highest BCUT2D eigenvalue weighted by atomic mass is 79.9. The molecule has 3 rings (SSSR count). The third kappa shape index (κ3) is 5.32. The Morgan fingerprint density at radius 1 is 1.19 bits per heavy atom. The zero-order valence-corrected chi connectivity index (χ0v) is 17.8. The van der Waals surface area contributed by atoms with Crippen LogP contribution < -0.4 is 4.74 Å². The number of morpholine rings is 1. The highest BCUT2D eigenvalue weighted by molar-refractivity contribution is 9.10. The number of aliphatic hydroxyl groups is 1. The molecule has 0 saturated carbocycles. The molecule has 146 valence electrons. The van der Waals surface area contributed by atoms with Crippen LogP contribution in [-0.2, 0) is 4.74 Å². The zero-order chi connectivity index (χ0) is 19.4. The van der Waals surface area contributed by atoms with Crippen LogP contribution in [0.2, 0.25) is 0 Å². The normalized spacial score (nSPS) is 21.8. The summed E-state index contributed by atoms with van der Waals surface area (Å²) >= 11 is 3.48. The van der Waals surface area contributed by atoms with Gasteiger partial charge in [0.25, 0.3) is 0 Å². The molecule has 1 fully saturated rings. The average molecular weight is 434 g/mol. The van der Waals surface area contributed by atoms with Crippen molar-refractivity contribution in [1.82, 2.24) is 4.90 Å². The Labute approximate surface area is 170 Å². The fourth-order valence-corrected chi connectivity index (χ4v) is 3.70. The first kappa shape index (κ1) is 20.3. The van der Waals surface area contributed by atoms with E-state index in [-0.39, 0.29) is 18.8 Å². The number of hydrogen-bond donors (Lipinski definition) is 1. The molecule has 5 heteroatoms. The predicted octanol–water partition coefficient (Wildman–Crippen LogP) is 4.27. The Bertz CT molecular complexity index is 750. The van der Waals surface area contributed by atoms with Crippen LogP contribution in [0.15, 0.2) is 46.9 Å². The Kier molecular flexibility index (Phi) is 6.93. The van der Waals surface area contributed by atoms with Gasteiger partial charge in [-0.3, -0.25) is 4.90 Å². The van der Waals surface area contributed by atoms with Gasteiger partial charge in [0, 0.05) is 23.6 Å². The first-order chi connectivity index (χ1) is 12.9. The first-order valence-electron chi connectivity index (χ1n) is 9.43. The molecule has 0 aliphatic carbocycles. The molecule has 3 unspecified atom stereocenters. The van der Waals surface area contributed by atoms with Crippen molar-refractivity contribution in [1.29, 1.82) is 0 Å². The molecule has 3 atom stereocenters. The maximum Gasteiger partial charge on any atom is 0.119 e. The summed E-state index contributed by atoms with van der Waals surface area (Å²) in [6, 6.07) is 14.5. The van der Waals surface area contributed by atoms with E-state index in [2.05, 4.69) is 53.7 Å². The van der Waals surface area contributed by atoms with Gasteiger partial charge in [-0.05, 0) is 61.7 Å². The van der Waals surface area contributed by atoms with Gasteiger partial charge in [-0.25, -0.2) is 0 Å². The Morgan fingerprint density at radius 2 is 1.93 bits per heavy atom. The van der Waals surface area contributed by atoms with Crippen molar-refractivity contribution < 1.29 is 14.6 Å². The van der Waals surface area contributed by atoms with Gasteiger partial charge >= 0.3 is 0 Å². The van der Waals surface area contributed by atoms with Crippen LogP contribution in [0, 0.1) is 13.8 Å². The highest BCUT2D eigenvalue weighted by Crippen LogP contribution is 2.29. The molecule has 0 aromatic heterocycles. The van der Waals surface area contributed by atoms with Gasteiger partial charge in [-0.15, -0.1) is 0 Å². The summed E-state index contributed by atoms with van der Waals surface area (Å²) < 4.78 is 12.9. The number of hydrogen-bond acceptors (Lipinski definition) is 4. The minimum atomic E-state index is -0.544. The molecule has 0 bridgehead atoms. The Hall–Kier alpha value is -1.40. The molecule has 1 aliphatic heterocycles. The van der Waals surface area contributed by atoms with E-state index in [1.807, 2.05) is 30.3 Å². The molecular weight excluding hydrogens is 406 g/mol. The largest absolute Gasteiger partial charge is 0.491 e. The van der Waals surface area contributed by atoms with Crippen molar-refractivity contribution in [2.75, 3.05) is 26.3 Å². The van der Waals surface area contributed by atoms with Crippen LogP contribution in [0.4, 0.5) is 0 Å². The maximum atomic E-state index is 10.5. The van der Waals surface area contributed by atoms with Crippen LogP contribution in [-0.4, -0.2) is 48.5 Å². The van der Waals surface area contributed by atoms with Crippen molar-refractivity contribution in [2.24, 2.45) is 0 Å². The molecule has 1 aliphatic rings. The summed E-state index contributed by atoms with van der Waals surface area (Å²) in [4.78, 5) is 2.28. The summed E-state index contributed by atoms with van der Waals surface area (Å²) in [7, 11) is 0. The van der Waals surface area contributed by atoms with E-state index in [0.29, 0.717) is 13.2 Å². The topological polar surface area (TPSA) is 41.9 Å². The molecule has 4 nitrogen and oxygen atoms in total. The summed E-state index contributed by atoms with van der Waals surface area (Å²) in [6.07, 6.45) is -0.530.